The van der Waals surface area contributed by atoms with E-state index in [0.29, 0.717) is 0 Å². The molecule has 0 amide bonds. The van der Waals surface area contributed by atoms with Gasteiger partial charge in [-0.25, -0.2) is 16.8 Å². The fraction of sp³-hybridized carbons (Fsp3) is 0.200. The van der Waals surface area contributed by atoms with E-state index in [9.17, 15) is 41.1 Å². The van der Waals surface area contributed by atoms with E-state index in [4.69, 9.17) is 0 Å². The Morgan fingerprint density at radius 2 is 1.65 bits per heavy atom. The van der Waals surface area contributed by atoms with E-state index in [2.05, 4.69) is 10.2 Å². The Hall–Kier alpha value is -1.12. The van der Waals surface area contributed by atoms with Gasteiger partial charge >= 0.3 is 59.1 Å². The van der Waals surface area contributed by atoms with E-state index in [0.717, 1.165) is 28.8 Å². The molecule has 0 fully saturated rings. The smallest absolute Gasteiger partial charge is 0.748 e. The van der Waals surface area contributed by atoms with Gasteiger partial charge in [-0.05, 0) is 31.2 Å². The Morgan fingerprint density at radius 1 is 1.10 bits per heavy atom. The van der Waals surface area contributed by atoms with E-state index in [1.54, 1.807) is 0 Å². The summed E-state index contributed by atoms with van der Waals surface area (Å²) in [5, 5.41) is 26.6. The minimum absolute atomic E-state index is 0. The molecule has 0 spiro atoms. The van der Waals surface area contributed by atoms with Crippen LogP contribution >= 0.6 is 0 Å². The molecule has 0 saturated carbocycles. The van der Waals surface area contributed by atoms with Crippen LogP contribution in [0.4, 0.5) is 11.4 Å². The molecule has 0 bridgehead atoms. The third kappa shape index (κ3) is 7.46. The van der Waals surface area contributed by atoms with Crippen LogP contribution in [0, 0.1) is 11.3 Å². The van der Waals surface area contributed by atoms with E-state index in [-0.39, 0.29) is 71.3 Å². The number of aromatic nitrogens is 1. The standard InChI is InChI=1S/C15H14N4O8S2.2Na/c1-2-19-14(20)11(7-16)12(8-28(22,23)24)13(15(19)21)18-17-9-3-5-10(6-4-9)29(25,26)27;;/h3-6,20H,2,8H2,1H3,(H,22,23,24)(H,25,26,27);;/q;2*+1/p-2. The summed E-state index contributed by atoms with van der Waals surface area (Å²) in [6.45, 7) is 1.37. The van der Waals surface area contributed by atoms with Crippen molar-refractivity contribution in [1.82, 2.24) is 4.57 Å². The third-order valence-electron chi connectivity index (χ3n) is 3.65. The summed E-state index contributed by atoms with van der Waals surface area (Å²) in [6.07, 6.45) is 0. The summed E-state index contributed by atoms with van der Waals surface area (Å²) >= 11 is 0. The summed E-state index contributed by atoms with van der Waals surface area (Å²) in [5.74, 6) is -2.10. The van der Waals surface area contributed by atoms with Gasteiger partial charge in [-0.2, -0.15) is 10.4 Å². The zero-order valence-electron chi connectivity index (χ0n) is 16.6. The van der Waals surface area contributed by atoms with Crippen molar-refractivity contribution < 1.29 is 90.2 Å². The zero-order chi connectivity index (χ0) is 22.0. The number of pyridine rings is 1. The third-order valence-corrected chi connectivity index (χ3v) is 5.15. The molecule has 0 aliphatic heterocycles. The minimum Gasteiger partial charge on any atom is -0.748 e. The summed E-state index contributed by atoms with van der Waals surface area (Å²) in [7, 11) is -9.64. The van der Waals surface area contributed by atoms with Gasteiger partial charge in [0.2, 0.25) is 5.88 Å². The molecule has 0 aliphatic carbocycles. The number of benzene rings is 1. The van der Waals surface area contributed by atoms with Crippen LogP contribution in [0.2, 0.25) is 0 Å². The van der Waals surface area contributed by atoms with Crippen molar-refractivity contribution in [3.8, 4) is 11.9 Å². The van der Waals surface area contributed by atoms with E-state index < -0.39 is 59.1 Å². The maximum absolute atomic E-state index is 12.5. The second kappa shape index (κ2) is 11.7. The quantitative estimate of drug-likeness (QED) is 0.235. The average Bonchev–Trinajstić information content (AvgIpc) is 2.60. The Labute approximate surface area is 221 Å². The number of rotatable bonds is 6. The largest absolute Gasteiger partial charge is 1.00 e. The molecule has 0 aliphatic rings. The molecule has 2 aromatic rings. The second-order valence-electron chi connectivity index (χ2n) is 5.54. The van der Waals surface area contributed by atoms with Crippen LogP contribution in [-0.2, 0) is 32.5 Å². The first-order valence-corrected chi connectivity index (χ1v) is 10.7. The first-order chi connectivity index (χ1) is 13.4. The number of nitrogens with zero attached hydrogens (tertiary/aromatic N) is 4. The Bertz CT molecular complexity index is 1300. The van der Waals surface area contributed by atoms with Gasteiger partial charge in [-0.3, -0.25) is 9.36 Å². The maximum atomic E-state index is 12.5. The van der Waals surface area contributed by atoms with Crippen molar-refractivity contribution in [3.63, 3.8) is 0 Å². The van der Waals surface area contributed by atoms with Gasteiger partial charge in [0.15, 0.2) is 5.69 Å². The molecule has 12 nitrogen and oxygen atoms in total. The van der Waals surface area contributed by atoms with Gasteiger partial charge in [0.1, 0.15) is 21.8 Å². The van der Waals surface area contributed by atoms with Crippen LogP contribution in [0.1, 0.15) is 18.1 Å². The molecule has 0 unspecified atom stereocenters. The molecule has 2 rings (SSSR count). The van der Waals surface area contributed by atoms with Crippen molar-refractivity contribution in [2.45, 2.75) is 24.1 Å². The summed E-state index contributed by atoms with van der Waals surface area (Å²) in [4.78, 5) is 12.0. The molecule has 16 heteroatoms. The van der Waals surface area contributed by atoms with E-state index in [1.165, 1.54) is 13.0 Å². The molecule has 31 heavy (non-hydrogen) atoms. The molecule has 1 aromatic carbocycles. The summed E-state index contributed by atoms with van der Waals surface area (Å²) in [6, 6.07) is 5.63. The molecule has 0 saturated heterocycles. The van der Waals surface area contributed by atoms with Crippen LogP contribution < -0.4 is 64.7 Å². The Morgan fingerprint density at radius 3 is 2.06 bits per heavy atom. The SMILES string of the molecule is CCn1c(O)c(C#N)c(CS(=O)(=O)[O-])c(N=Nc2ccc(S(=O)(=O)[O-])cc2)c1=O.[Na+].[Na+]. The summed E-state index contributed by atoms with van der Waals surface area (Å²) < 4.78 is 67.1. The van der Waals surface area contributed by atoms with Crippen molar-refractivity contribution in [2.24, 2.45) is 10.2 Å². The topological polar surface area (TPSA) is 205 Å². The van der Waals surface area contributed by atoms with Crippen LogP contribution in [0.5, 0.6) is 5.88 Å². The van der Waals surface area contributed by atoms with Gasteiger partial charge in [-0.1, -0.05) is 0 Å². The van der Waals surface area contributed by atoms with Crippen molar-refractivity contribution in [1.29, 1.82) is 5.26 Å². The molecular weight excluding hydrogens is 474 g/mol. The fourth-order valence-electron chi connectivity index (χ4n) is 2.36. The van der Waals surface area contributed by atoms with Gasteiger partial charge < -0.3 is 14.2 Å². The first-order valence-electron chi connectivity index (χ1n) is 7.69. The monoisotopic (exact) mass is 486 g/mol. The first kappa shape index (κ1) is 29.9. The molecule has 0 radical (unpaired) electrons. The number of aromatic hydroxyl groups is 1. The maximum Gasteiger partial charge on any atom is 1.00 e. The number of hydrogen-bond donors (Lipinski definition) is 1. The molecule has 0 atom stereocenters. The predicted molar refractivity (Wildman–Crippen MR) is 94.7 cm³/mol. The van der Waals surface area contributed by atoms with Crippen molar-refractivity contribution in [2.75, 3.05) is 0 Å². The van der Waals surface area contributed by atoms with Crippen molar-refractivity contribution >= 4 is 31.6 Å². The fourth-order valence-corrected chi connectivity index (χ4v) is 3.46. The van der Waals surface area contributed by atoms with Gasteiger partial charge in [-0.15, -0.1) is 5.11 Å². The van der Waals surface area contributed by atoms with Crippen LogP contribution in [0.3, 0.4) is 0 Å². The molecule has 1 N–H and O–H groups in total. The average molecular weight is 486 g/mol. The zero-order valence-corrected chi connectivity index (χ0v) is 22.3. The van der Waals surface area contributed by atoms with Gasteiger partial charge in [0.05, 0.1) is 26.5 Å². The summed E-state index contributed by atoms with van der Waals surface area (Å²) in [5.41, 5.74) is -2.89. The van der Waals surface area contributed by atoms with Crippen LogP contribution in [0.15, 0.2) is 44.2 Å². The number of nitriles is 1. The van der Waals surface area contributed by atoms with E-state index in [1.807, 2.05) is 0 Å². The van der Waals surface area contributed by atoms with Gasteiger partial charge in [0.25, 0.3) is 5.56 Å². The molecular formula is C15H12N4Na2O8S2. The molecule has 1 heterocycles. The van der Waals surface area contributed by atoms with E-state index >= 15 is 0 Å². The Kier molecular flexibility index (Phi) is 11.2. The van der Waals surface area contributed by atoms with Gasteiger partial charge in [0, 0.05) is 12.1 Å². The Balaban J connectivity index is 0.00000450. The normalized spacial score (nSPS) is 11.4. The molecule has 1 aromatic heterocycles. The van der Waals surface area contributed by atoms with Crippen LogP contribution in [0.25, 0.3) is 0 Å². The predicted octanol–water partition coefficient (Wildman–Crippen LogP) is -5.18. The number of azo groups is 1. The molecule has 154 valence electrons. The van der Waals surface area contributed by atoms with Crippen molar-refractivity contribution in [3.05, 3.63) is 45.7 Å². The minimum atomic E-state index is -4.95. The van der Waals surface area contributed by atoms with Crippen LogP contribution in [-0.4, -0.2) is 35.6 Å². The second-order valence-corrected chi connectivity index (χ2v) is 8.32. The number of hydrogen-bond acceptors (Lipinski definition) is 11.